The maximum absolute atomic E-state index is 12.2. The average Bonchev–Trinajstić information content (AvgIpc) is 2.74. The van der Waals surface area contributed by atoms with Crippen LogP contribution in [0.15, 0.2) is 35.3 Å². The third-order valence-electron chi connectivity index (χ3n) is 2.51. The van der Waals surface area contributed by atoms with E-state index in [1.54, 1.807) is 41.2 Å². The lowest BCUT2D eigenvalue weighted by molar-refractivity contribution is 0.0783. The Kier molecular flexibility index (Phi) is 3.76. The third kappa shape index (κ3) is 2.76. The molecule has 0 aromatic carbocycles. The van der Waals surface area contributed by atoms with Gasteiger partial charge in [-0.25, -0.2) is 4.98 Å². The molecule has 0 atom stereocenters. The maximum Gasteiger partial charge on any atom is 0.256 e. The van der Waals surface area contributed by atoms with Crippen molar-refractivity contribution in [1.29, 1.82) is 0 Å². The van der Waals surface area contributed by atoms with Crippen molar-refractivity contribution in [2.45, 2.75) is 6.54 Å². The topological polar surface area (TPSA) is 51.0 Å². The number of hydrogen-bond donors (Lipinski definition) is 0. The van der Waals surface area contributed by atoms with Crippen LogP contribution in [-0.4, -0.2) is 32.6 Å². The highest BCUT2D eigenvalue weighted by Gasteiger charge is 2.15. The summed E-state index contributed by atoms with van der Waals surface area (Å²) in [6.07, 6.45) is 5.28. The number of halogens is 1. The lowest BCUT2D eigenvalue weighted by Crippen LogP contribution is -2.26. The summed E-state index contributed by atoms with van der Waals surface area (Å²) in [5.41, 5.74) is 1.55. The lowest BCUT2D eigenvalue weighted by Gasteiger charge is -2.16. The van der Waals surface area contributed by atoms with Crippen molar-refractivity contribution in [3.8, 4) is 0 Å². The number of pyridine rings is 1. The fourth-order valence-corrected chi connectivity index (χ4v) is 2.07. The monoisotopic (exact) mass is 308 g/mol. The van der Waals surface area contributed by atoms with E-state index in [-0.39, 0.29) is 5.91 Å². The van der Waals surface area contributed by atoms with Crippen LogP contribution < -0.4 is 0 Å². The second-order valence-electron chi connectivity index (χ2n) is 4.03. The van der Waals surface area contributed by atoms with E-state index >= 15 is 0 Å². The molecule has 0 aliphatic rings. The number of carbonyl (C=O) groups is 1. The summed E-state index contributed by atoms with van der Waals surface area (Å²) in [6.45, 7) is 0.522. The molecule has 1 amide bonds. The van der Waals surface area contributed by atoms with Gasteiger partial charge in [0.15, 0.2) is 0 Å². The van der Waals surface area contributed by atoms with E-state index in [2.05, 4.69) is 26.0 Å². The molecule has 0 radical (unpaired) electrons. The van der Waals surface area contributed by atoms with Crippen LogP contribution in [0.2, 0.25) is 0 Å². The van der Waals surface area contributed by atoms with Gasteiger partial charge in [-0.1, -0.05) is 0 Å². The first-order valence-corrected chi connectivity index (χ1v) is 6.20. The summed E-state index contributed by atoms with van der Waals surface area (Å²) < 4.78 is 2.28. The minimum atomic E-state index is -0.0705. The van der Waals surface area contributed by atoms with Crippen molar-refractivity contribution in [3.05, 3.63) is 46.5 Å². The van der Waals surface area contributed by atoms with Gasteiger partial charge in [0.25, 0.3) is 5.91 Å². The molecule has 18 heavy (non-hydrogen) atoms. The molecule has 2 heterocycles. The van der Waals surface area contributed by atoms with Crippen LogP contribution in [0.5, 0.6) is 0 Å². The molecule has 2 rings (SSSR count). The highest BCUT2D eigenvalue weighted by molar-refractivity contribution is 9.10. The molecule has 0 fully saturated rings. The van der Waals surface area contributed by atoms with Crippen LogP contribution in [0, 0.1) is 0 Å². The normalized spacial score (nSPS) is 10.4. The van der Waals surface area contributed by atoms with Crippen LogP contribution in [0.3, 0.4) is 0 Å². The fraction of sp³-hybridized carbons (Fsp3) is 0.250. The molecule has 0 unspecified atom stereocenters. The summed E-state index contributed by atoms with van der Waals surface area (Å²) in [7, 11) is 3.61. The zero-order valence-electron chi connectivity index (χ0n) is 10.2. The summed E-state index contributed by atoms with van der Waals surface area (Å²) >= 11 is 3.28. The van der Waals surface area contributed by atoms with E-state index in [1.165, 1.54) is 0 Å². The predicted octanol–water partition coefficient (Wildman–Crippen LogP) is 1.85. The van der Waals surface area contributed by atoms with Crippen molar-refractivity contribution >= 4 is 21.8 Å². The molecule has 0 saturated heterocycles. The highest BCUT2D eigenvalue weighted by Crippen LogP contribution is 2.15. The summed E-state index contributed by atoms with van der Waals surface area (Å²) in [5, 5.41) is 4.08. The number of nitrogens with zero attached hydrogens (tertiary/aromatic N) is 4. The van der Waals surface area contributed by atoms with E-state index in [0.29, 0.717) is 16.7 Å². The summed E-state index contributed by atoms with van der Waals surface area (Å²) in [6, 6.07) is 3.50. The van der Waals surface area contributed by atoms with Gasteiger partial charge in [0.2, 0.25) is 0 Å². The molecular weight excluding hydrogens is 296 g/mol. The largest absolute Gasteiger partial charge is 0.337 e. The third-order valence-corrected chi connectivity index (χ3v) is 3.15. The number of amides is 1. The van der Waals surface area contributed by atoms with Crippen molar-refractivity contribution in [2.24, 2.45) is 7.05 Å². The van der Waals surface area contributed by atoms with Crippen LogP contribution in [0.1, 0.15) is 15.9 Å². The van der Waals surface area contributed by atoms with Gasteiger partial charge in [0.05, 0.1) is 11.8 Å². The van der Waals surface area contributed by atoms with Gasteiger partial charge in [-0.05, 0) is 28.1 Å². The van der Waals surface area contributed by atoms with E-state index < -0.39 is 0 Å². The van der Waals surface area contributed by atoms with Crippen LogP contribution in [0.25, 0.3) is 0 Å². The Labute approximate surface area is 114 Å². The van der Waals surface area contributed by atoms with Crippen LogP contribution in [-0.2, 0) is 13.6 Å². The van der Waals surface area contributed by atoms with Crippen molar-refractivity contribution in [3.63, 3.8) is 0 Å². The van der Waals surface area contributed by atoms with Gasteiger partial charge in [-0.3, -0.25) is 9.48 Å². The molecule has 6 heteroatoms. The van der Waals surface area contributed by atoms with E-state index in [4.69, 9.17) is 0 Å². The molecule has 0 aliphatic carbocycles. The second-order valence-corrected chi connectivity index (χ2v) is 4.78. The minimum Gasteiger partial charge on any atom is -0.337 e. The quantitative estimate of drug-likeness (QED) is 0.813. The van der Waals surface area contributed by atoms with Crippen molar-refractivity contribution in [1.82, 2.24) is 19.7 Å². The number of hydrogen-bond acceptors (Lipinski definition) is 3. The lowest BCUT2D eigenvalue weighted by atomic mass is 10.2. The first kappa shape index (κ1) is 12.8. The Morgan fingerprint density at radius 1 is 1.56 bits per heavy atom. The molecule has 94 valence electrons. The van der Waals surface area contributed by atoms with Crippen molar-refractivity contribution < 1.29 is 4.79 Å². The molecule has 2 aromatic heterocycles. The van der Waals surface area contributed by atoms with E-state index in [0.717, 1.165) is 5.56 Å². The maximum atomic E-state index is 12.2. The predicted molar refractivity (Wildman–Crippen MR) is 70.9 cm³/mol. The van der Waals surface area contributed by atoms with Crippen LogP contribution in [0.4, 0.5) is 0 Å². The van der Waals surface area contributed by atoms with Gasteiger partial charge in [0.1, 0.15) is 4.60 Å². The summed E-state index contributed by atoms with van der Waals surface area (Å²) in [4.78, 5) is 17.9. The molecule has 0 bridgehead atoms. The molecule has 0 aliphatic heterocycles. The molecule has 0 N–H and O–H groups in total. The Morgan fingerprint density at radius 3 is 2.94 bits per heavy atom. The first-order valence-electron chi connectivity index (χ1n) is 5.41. The highest BCUT2D eigenvalue weighted by atomic mass is 79.9. The average molecular weight is 309 g/mol. The van der Waals surface area contributed by atoms with Gasteiger partial charge in [-0.2, -0.15) is 5.10 Å². The molecule has 5 nitrogen and oxygen atoms in total. The van der Waals surface area contributed by atoms with Gasteiger partial charge in [0, 0.05) is 38.6 Å². The Bertz CT molecular complexity index is 567. The van der Waals surface area contributed by atoms with Gasteiger partial charge < -0.3 is 4.90 Å². The second kappa shape index (κ2) is 5.30. The van der Waals surface area contributed by atoms with Gasteiger partial charge >= 0.3 is 0 Å². The minimum absolute atomic E-state index is 0.0705. The molecule has 0 spiro atoms. The molecular formula is C12H13BrN4O. The zero-order valence-corrected chi connectivity index (χ0v) is 11.8. The van der Waals surface area contributed by atoms with Crippen LogP contribution >= 0.6 is 15.9 Å². The van der Waals surface area contributed by atoms with E-state index in [1.807, 2.05) is 13.2 Å². The van der Waals surface area contributed by atoms with Crippen molar-refractivity contribution in [2.75, 3.05) is 7.05 Å². The Hall–Kier alpha value is -1.69. The number of aryl methyl sites for hydroxylation is 1. The standard InChI is InChI=1S/C12H13BrN4O/c1-16(7-9-6-15-17(2)8-9)12(18)10-4-3-5-14-11(10)13/h3-6,8H,7H2,1-2H3. The summed E-state index contributed by atoms with van der Waals surface area (Å²) in [5.74, 6) is -0.0705. The Morgan fingerprint density at radius 2 is 2.33 bits per heavy atom. The number of carbonyl (C=O) groups excluding carboxylic acids is 1. The Balaban J connectivity index is 2.12. The number of aromatic nitrogens is 3. The van der Waals surface area contributed by atoms with E-state index in [9.17, 15) is 4.79 Å². The smallest absolute Gasteiger partial charge is 0.256 e. The molecule has 0 saturated carbocycles. The SMILES string of the molecule is CN(Cc1cnn(C)c1)C(=O)c1cccnc1Br. The first-order chi connectivity index (χ1) is 8.58. The zero-order chi connectivity index (χ0) is 13.1. The van der Waals surface area contributed by atoms with Gasteiger partial charge in [-0.15, -0.1) is 0 Å². The number of rotatable bonds is 3. The fourth-order valence-electron chi connectivity index (χ4n) is 1.65. The molecule has 2 aromatic rings.